The van der Waals surface area contributed by atoms with Gasteiger partial charge in [0.25, 0.3) is 0 Å². The molecule has 0 aromatic heterocycles. The normalized spacial score (nSPS) is 14.7. The molecular formula is C18H22N2O2S. The van der Waals surface area contributed by atoms with E-state index in [1.807, 2.05) is 6.07 Å². The summed E-state index contributed by atoms with van der Waals surface area (Å²) in [6.07, 6.45) is 1.87. The third-order valence-electron chi connectivity index (χ3n) is 4.11. The quantitative estimate of drug-likeness (QED) is 0.854. The second-order valence-corrected chi connectivity index (χ2v) is 7.91. The number of sulfonamides is 1. The maximum atomic E-state index is 12.3. The maximum Gasteiger partial charge on any atom is 0.240 e. The van der Waals surface area contributed by atoms with Crippen molar-refractivity contribution >= 4 is 15.7 Å². The average molecular weight is 330 g/mol. The van der Waals surface area contributed by atoms with Crippen molar-refractivity contribution in [2.24, 2.45) is 0 Å². The summed E-state index contributed by atoms with van der Waals surface area (Å²) in [7, 11) is -3.40. The van der Waals surface area contributed by atoms with Gasteiger partial charge in [-0.3, -0.25) is 0 Å². The molecule has 1 fully saturated rings. The molecule has 1 aliphatic rings. The summed E-state index contributed by atoms with van der Waals surface area (Å²) in [4.78, 5) is 0.314. The summed E-state index contributed by atoms with van der Waals surface area (Å²) in [5.74, 6) is 0. The second-order valence-electron chi connectivity index (χ2n) is 6.20. The molecule has 2 aromatic carbocycles. The van der Waals surface area contributed by atoms with E-state index in [4.69, 9.17) is 0 Å². The van der Waals surface area contributed by atoms with Gasteiger partial charge in [0, 0.05) is 18.3 Å². The van der Waals surface area contributed by atoms with Crippen LogP contribution in [0.2, 0.25) is 0 Å². The lowest BCUT2D eigenvalue weighted by molar-refractivity contribution is 0.581. The Morgan fingerprint density at radius 3 is 2.52 bits per heavy atom. The number of rotatable bonds is 6. The molecule has 0 saturated heterocycles. The van der Waals surface area contributed by atoms with Gasteiger partial charge in [0.05, 0.1) is 4.90 Å². The predicted octanol–water partition coefficient (Wildman–Crippen LogP) is 3.36. The summed E-state index contributed by atoms with van der Waals surface area (Å²) < 4.78 is 27.2. The Bertz CT molecular complexity index is 812. The van der Waals surface area contributed by atoms with Gasteiger partial charge >= 0.3 is 0 Å². The summed E-state index contributed by atoms with van der Waals surface area (Å²) >= 11 is 0. The Morgan fingerprint density at radius 2 is 1.83 bits per heavy atom. The Balaban J connectivity index is 1.71. The molecule has 0 amide bonds. The standard InChI is InChI=1S/C18H22N2O2S/c1-13-6-7-15(10-14(13)2)12-19-17-4-3-5-18(11-17)23(21,22)20-16-8-9-16/h3-7,10-11,16,19-20H,8-9,12H2,1-2H3. The van der Waals surface area contributed by atoms with E-state index < -0.39 is 10.0 Å². The van der Waals surface area contributed by atoms with Crippen molar-refractivity contribution in [2.75, 3.05) is 5.32 Å². The fraction of sp³-hybridized carbons (Fsp3) is 0.333. The fourth-order valence-electron chi connectivity index (χ4n) is 2.38. The first-order valence-corrected chi connectivity index (χ1v) is 9.35. The van der Waals surface area contributed by atoms with Crippen LogP contribution in [0, 0.1) is 13.8 Å². The van der Waals surface area contributed by atoms with E-state index in [9.17, 15) is 8.42 Å². The van der Waals surface area contributed by atoms with Crippen molar-refractivity contribution in [2.45, 2.75) is 44.2 Å². The molecule has 23 heavy (non-hydrogen) atoms. The van der Waals surface area contributed by atoms with E-state index in [2.05, 4.69) is 42.1 Å². The zero-order valence-corrected chi connectivity index (χ0v) is 14.3. The first-order valence-electron chi connectivity index (χ1n) is 7.86. The van der Waals surface area contributed by atoms with E-state index in [-0.39, 0.29) is 6.04 Å². The second kappa shape index (κ2) is 6.34. The summed E-state index contributed by atoms with van der Waals surface area (Å²) in [5, 5.41) is 3.30. The average Bonchev–Trinajstić information content (AvgIpc) is 3.32. The third-order valence-corrected chi connectivity index (χ3v) is 5.63. The lowest BCUT2D eigenvalue weighted by atomic mass is 10.1. The van der Waals surface area contributed by atoms with E-state index >= 15 is 0 Å². The molecule has 0 bridgehead atoms. The maximum absolute atomic E-state index is 12.3. The van der Waals surface area contributed by atoms with Crippen molar-refractivity contribution in [3.05, 3.63) is 59.2 Å². The fourth-order valence-corrected chi connectivity index (χ4v) is 3.73. The van der Waals surface area contributed by atoms with Crippen LogP contribution in [-0.4, -0.2) is 14.5 Å². The van der Waals surface area contributed by atoms with Crippen molar-refractivity contribution < 1.29 is 8.42 Å². The van der Waals surface area contributed by atoms with Gasteiger partial charge in [0.1, 0.15) is 0 Å². The van der Waals surface area contributed by atoms with Gasteiger partial charge in [0.15, 0.2) is 0 Å². The molecule has 3 rings (SSSR count). The lowest BCUT2D eigenvalue weighted by Gasteiger charge is -2.11. The lowest BCUT2D eigenvalue weighted by Crippen LogP contribution is -2.25. The van der Waals surface area contributed by atoms with E-state index in [1.165, 1.54) is 16.7 Å². The first-order chi connectivity index (χ1) is 10.9. The first kappa shape index (κ1) is 16.0. The Hall–Kier alpha value is -1.85. The molecule has 0 radical (unpaired) electrons. The summed E-state index contributed by atoms with van der Waals surface area (Å²) in [6.45, 7) is 4.85. The minimum Gasteiger partial charge on any atom is -0.381 e. The molecule has 1 aliphatic carbocycles. The zero-order valence-electron chi connectivity index (χ0n) is 13.5. The van der Waals surface area contributed by atoms with Gasteiger partial charge in [-0.15, -0.1) is 0 Å². The number of anilines is 1. The van der Waals surface area contributed by atoms with Crippen LogP contribution < -0.4 is 10.0 Å². The molecule has 2 aromatic rings. The molecular weight excluding hydrogens is 308 g/mol. The van der Waals surface area contributed by atoms with Crippen molar-refractivity contribution in [3.8, 4) is 0 Å². The van der Waals surface area contributed by atoms with Crippen LogP contribution in [0.15, 0.2) is 47.4 Å². The van der Waals surface area contributed by atoms with E-state index in [0.29, 0.717) is 11.4 Å². The largest absolute Gasteiger partial charge is 0.381 e. The van der Waals surface area contributed by atoms with Crippen LogP contribution in [-0.2, 0) is 16.6 Å². The molecule has 5 heteroatoms. The van der Waals surface area contributed by atoms with Gasteiger partial charge < -0.3 is 5.32 Å². The van der Waals surface area contributed by atoms with Crippen molar-refractivity contribution in [3.63, 3.8) is 0 Å². The smallest absolute Gasteiger partial charge is 0.240 e. The van der Waals surface area contributed by atoms with Crippen LogP contribution in [0.1, 0.15) is 29.5 Å². The highest BCUT2D eigenvalue weighted by Crippen LogP contribution is 2.23. The highest BCUT2D eigenvalue weighted by molar-refractivity contribution is 7.89. The molecule has 0 spiro atoms. The number of benzene rings is 2. The Morgan fingerprint density at radius 1 is 1.04 bits per heavy atom. The molecule has 4 nitrogen and oxygen atoms in total. The molecule has 122 valence electrons. The molecule has 0 aliphatic heterocycles. The monoisotopic (exact) mass is 330 g/mol. The van der Waals surface area contributed by atoms with Gasteiger partial charge in [-0.05, 0) is 61.6 Å². The van der Waals surface area contributed by atoms with Crippen LogP contribution in [0.4, 0.5) is 5.69 Å². The van der Waals surface area contributed by atoms with Crippen molar-refractivity contribution in [1.29, 1.82) is 0 Å². The minimum absolute atomic E-state index is 0.118. The van der Waals surface area contributed by atoms with Gasteiger partial charge in [-0.1, -0.05) is 24.3 Å². The van der Waals surface area contributed by atoms with Gasteiger partial charge in [-0.25, -0.2) is 13.1 Å². The zero-order chi connectivity index (χ0) is 16.4. The number of aryl methyl sites for hydroxylation is 2. The predicted molar refractivity (Wildman–Crippen MR) is 93.0 cm³/mol. The van der Waals surface area contributed by atoms with E-state index in [0.717, 1.165) is 18.5 Å². The van der Waals surface area contributed by atoms with Crippen LogP contribution in [0.25, 0.3) is 0 Å². The van der Waals surface area contributed by atoms with Gasteiger partial charge in [0.2, 0.25) is 10.0 Å². The minimum atomic E-state index is -3.40. The van der Waals surface area contributed by atoms with Crippen LogP contribution in [0.5, 0.6) is 0 Å². The SMILES string of the molecule is Cc1ccc(CNc2cccc(S(=O)(=O)NC3CC3)c2)cc1C. The number of nitrogens with one attached hydrogen (secondary N) is 2. The highest BCUT2D eigenvalue weighted by atomic mass is 32.2. The molecule has 2 N–H and O–H groups in total. The van der Waals surface area contributed by atoms with Crippen LogP contribution >= 0.6 is 0 Å². The van der Waals surface area contributed by atoms with E-state index in [1.54, 1.807) is 18.2 Å². The van der Waals surface area contributed by atoms with Gasteiger partial charge in [-0.2, -0.15) is 0 Å². The molecule has 0 atom stereocenters. The topological polar surface area (TPSA) is 58.2 Å². The molecule has 0 unspecified atom stereocenters. The number of hydrogen-bond acceptors (Lipinski definition) is 3. The molecule has 0 heterocycles. The Kier molecular flexibility index (Phi) is 4.41. The molecule has 1 saturated carbocycles. The Labute approximate surface area is 138 Å². The third kappa shape index (κ3) is 4.12. The van der Waals surface area contributed by atoms with Crippen LogP contribution in [0.3, 0.4) is 0 Å². The highest BCUT2D eigenvalue weighted by Gasteiger charge is 2.27. The summed E-state index contributed by atoms with van der Waals surface area (Å²) in [5.41, 5.74) is 4.52. The van der Waals surface area contributed by atoms with Crippen molar-refractivity contribution in [1.82, 2.24) is 4.72 Å². The summed E-state index contributed by atoms with van der Waals surface area (Å²) in [6, 6.07) is 13.4. The number of hydrogen-bond donors (Lipinski definition) is 2.